The van der Waals surface area contributed by atoms with Crippen LogP contribution in [0.4, 0.5) is 4.39 Å². The van der Waals surface area contributed by atoms with Crippen LogP contribution >= 0.6 is 34.8 Å². The summed E-state index contributed by atoms with van der Waals surface area (Å²) in [6, 6.07) is 22.5. The maximum Gasteiger partial charge on any atom is 0.193 e. The number of halogens is 4. The van der Waals surface area contributed by atoms with Crippen LogP contribution in [-0.4, -0.2) is 50.0 Å². The first kappa shape index (κ1) is 37.9. The molecule has 0 spiro atoms. The highest BCUT2D eigenvalue weighted by Gasteiger charge is 2.29. The number of benzene rings is 4. The van der Waals surface area contributed by atoms with Gasteiger partial charge in [0.05, 0.1) is 22.9 Å². The quantitative estimate of drug-likeness (QED) is 0.178. The van der Waals surface area contributed by atoms with Gasteiger partial charge in [-0.2, -0.15) is 0 Å². The fourth-order valence-electron chi connectivity index (χ4n) is 6.66. The SMILES string of the molecule is Cc1ccc([C@H]2COC(CC3=N[C@@H](c4ccc(Cl)c(Cl)c4)CO3)=N2)cc1Cl.Cc1cccc([C@H]2COC(CC3=N[C@@H](c4cccc(F)c4C)CO3)=N2)c1C. The highest BCUT2D eigenvalue weighted by molar-refractivity contribution is 6.42. The lowest BCUT2D eigenvalue weighted by Crippen LogP contribution is -2.08. The molecule has 0 radical (unpaired) electrons. The van der Waals surface area contributed by atoms with Gasteiger partial charge in [-0.3, -0.25) is 0 Å². The smallest absolute Gasteiger partial charge is 0.193 e. The van der Waals surface area contributed by atoms with Crippen LogP contribution in [0.5, 0.6) is 0 Å². The zero-order valence-corrected chi connectivity index (χ0v) is 32.7. The Labute approximate surface area is 329 Å². The lowest BCUT2D eigenvalue weighted by molar-refractivity contribution is 0.299. The van der Waals surface area contributed by atoms with Gasteiger partial charge in [0.2, 0.25) is 0 Å². The molecule has 0 N–H and O–H groups in total. The number of nitrogens with zero attached hydrogens (tertiary/aromatic N) is 4. The van der Waals surface area contributed by atoms with Crippen molar-refractivity contribution < 1.29 is 23.3 Å². The van der Waals surface area contributed by atoms with Crippen molar-refractivity contribution in [2.45, 2.75) is 64.7 Å². The van der Waals surface area contributed by atoms with Crippen molar-refractivity contribution in [3.63, 3.8) is 0 Å². The topological polar surface area (TPSA) is 86.4 Å². The second-order valence-corrected chi connectivity index (χ2v) is 14.9. The fraction of sp³-hybridized carbons (Fsp3) is 0.333. The molecule has 8 rings (SSSR count). The van der Waals surface area contributed by atoms with Crippen LogP contribution in [0, 0.1) is 33.5 Å². The molecule has 0 unspecified atom stereocenters. The molecule has 12 heteroatoms. The average molecular weight is 790 g/mol. The Bertz CT molecular complexity index is 2040. The summed E-state index contributed by atoms with van der Waals surface area (Å²) in [5.74, 6) is 2.29. The van der Waals surface area contributed by atoms with Crippen molar-refractivity contribution in [3.05, 3.63) is 138 Å². The molecular weight excluding hydrogens is 750 g/mol. The van der Waals surface area contributed by atoms with Crippen molar-refractivity contribution in [3.8, 4) is 0 Å². The summed E-state index contributed by atoms with van der Waals surface area (Å²) < 4.78 is 36.8. The number of aliphatic imine (C=N–C) groups is 4. The van der Waals surface area contributed by atoms with Crippen molar-refractivity contribution in [2.75, 3.05) is 26.4 Å². The zero-order valence-electron chi connectivity index (χ0n) is 30.4. The number of ether oxygens (including phenoxy) is 4. The van der Waals surface area contributed by atoms with Crippen molar-refractivity contribution >= 4 is 58.4 Å². The molecule has 0 saturated heterocycles. The van der Waals surface area contributed by atoms with Gasteiger partial charge in [0.15, 0.2) is 23.6 Å². The molecule has 4 aliphatic rings. The molecule has 0 aromatic heterocycles. The lowest BCUT2D eigenvalue weighted by atomic mass is 9.98. The first-order valence-electron chi connectivity index (χ1n) is 17.8. The van der Waals surface area contributed by atoms with E-state index in [2.05, 4.69) is 47.0 Å². The minimum atomic E-state index is -0.212. The standard InChI is InChI=1S/C22H23FN2O2.C20H17Cl3N2O2/c1-13-6-4-7-16(14(13)2)19-11-26-21(24-19)10-22-25-20(12-27-22)17-8-5-9-18(23)15(17)3;1-11-2-3-12(6-15(11)22)17-9-26-19(24-17)8-20-25-18(10-27-20)13-4-5-14(21)16(23)7-13/h4-9,19-20H,10-12H2,1-3H3;2-7,17-18H,8-10H2,1H3/t19-,20-;17-,18-/m11/s1. The summed E-state index contributed by atoms with van der Waals surface area (Å²) in [7, 11) is 0. The normalized spacial score (nSPS) is 21.5. The Balaban J connectivity index is 0.000000167. The molecule has 4 heterocycles. The third-order valence-electron chi connectivity index (χ3n) is 10.0. The molecule has 0 aliphatic carbocycles. The van der Waals surface area contributed by atoms with Crippen molar-refractivity contribution in [1.82, 2.24) is 0 Å². The molecule has 4 aliphatic heterocycles. The number of hydrogen-bond acceptors (Lipinski definition) is 8. The van der Waals surface area contributed by atoms with Gasteiger partial charge in [-0.1, -0.05) is 83.3 Å². The van der Waals surface area contributed by atoms with E-state index in [0.29, 0.717) is 78.5 Å². The van der Waals surface area contributed by atoms with Gasteiger partial charge in [0.1, 0.15) is 56.4 Å². The van der Waals surface area contributed by atoms with Crippen LogP contribution in [0.15, 0.2) is 92.8 Å². The van der Waals surface area contributed by atoms with Crippen LogP contribution in [0.25, 0.3) is 0 Å². The van der Waals surface area contributed by atoms with Gasteiger partial charge in [-0.05, 0) is 96.5 Å². The molecule has 4 atom stereocenters. The third kappa shape index (κ3) is 8.59. The molecule has 4 aromatic carbocycles. The van der Waals surface area contributed by atoms with E-state index in [1.807, 2.05) is 43.3 Å². The highest BCUT2D eigenvalue weighted by Crippen LogP contribution is 2.33. The van der Waals surface area contributed by atoms with E-state index in [1.165, 1.54) is 22.8 Å². The summed E-state index contributed by atoms with van der Waals surface area (Å²) >= 11 is 18.3. The Hall–Kier alpha value is -4.44. The zero-order chi connectivity index (χ0) is 37.9. The van der Waals surface area contributed by atoms with Crippen LogP contribution in [0.3, 0.4) is 0 Å². The second-order valence-electron chi connectivity index (χ2n) is 13.7. The first-order valence-corrected chi connectivity index (χ1v) is 19.0. The molecule has 4 aromatic rings. The Morgan fingerprint density at radius 1 is 0.519 bits per heavy atom. The molecule has 8 nitrogen and oxygen atoms in total. The van der Waals surface area contributed by atoms with Crippen LogP contribution in [0.1, 0.15) is 81.5 Å². The number of hydrogen-bond donors (Lipinski definition) is 0. The maximum atomic E-state index is 13.8. The Morgan fingerprint density at radius 2 is 0.981 bits per heavy atom. The third-order valence-corrected chi connectivity index (χ3v) is 11.2. The van der Waals surface area contributed by atoms with Gasteiger partial charge in [0, 0.05) is 5.02 Å². The number of rotatable bonds is 8. The second kappa shape index (κ2) is 16.5. The minimum absolute atomic E-state index is 0.0168. The van der Waals surface area contributed by atoms with Crippen LogP contribution in [0.2, 0.25) is 15.1 Å². The fourth-order valence-corrected chi connectivity index (χ4v) is 7.15. The summed E-state index contributed by atoms with van der Waals surface area (Å²) in [6.07, 6.45) is 0.875. The minimum Gasteiger partial charge on any atom is -0.478 e. The van der Waals surface area contributed by atoms with Crippen molar-refractivity contribution in [1.29, 1.82) is 0 Å². The predicted octanol–water partition coefficient (Wildman–Crippen LogP) is 10.8. The van der Waals surface area contributed by atoms with E-state index in [0.717, 1.165) is 27.3 Å². The van der Waals surface area contributed by atoms with Crippen LogP contribution < -0.4 is 0 Å². The van der Waals surface area contributed by atoms with Gasteiger partial charge in [-0.15, -0.1) is 0 Å². The molecule has 54 heavy (non-hydrogen) atoms. The van der Waals surface area contributed by atoms with E-state index in [1.54, 1.807) is 19.1 Å². The monoisotopic (exact) mass is 788 g/mol. The summed E-state index contributed by atoms with van der Waals surface area (Å²) in [5, 5.41) is 1.78. The van der Waals surface area contributed by atoms with E-state index in [9.17, 15) is 4.39 Å². The van der Waals surface area contributed by atoms with Crippen LogP contribution in [-0.2, 0) is 18.9 Å². The summed E-state index contributed by atoms with van der Waals surface area (Å²) in [6.45, 7) is 9.91. The van der Waals surface area contributed by atoms with Gasteiger partial charge < -0.3 is 18.9 Å². The predicted molar refractivity (Wildman–Crippen MR) is 213 cm³/mol. The molecular formula is C42H40Cl3FN4O4. The Kier molecular flexibility index (Phi) is 11.6. The molecule has 280 valence electrons. The van der Waals surface area contributed by atoms with E-state index in [-0.39, 0.29) is 30.0 Å². The number of aryl methyl sites for hydroxylation is 2. The summed E-state index contributed by atoms with van der Waals surface area (Å²) in [4.78, 5) is 18.6. The molecule has 0 bridgehead atoms. The summed E-state index contributed by atoms with van der Waals surface area (Å²) in [5.41, 5.74) is 8.27. The van der Waals surface area contributed by atoms with Crippen molar-refractivity contribution in [2.24, 2.45) is 20.0 Å². The van der Waals surface area contributed by atoms with E-state index < -0.39 is 0 Å². The molecule has 0 fully saturated rings. The lowest BCUT2D eigenvalue weighted by Gasteiger charge is -2.11. The largest absolute Gasteiger partial charge is 0.478 e. The highest BCUT2D eigenvalue weighted by atomic mass is 35.5. The van der Waals surface area contributed by atoms with Gasteiger partial charge in [0.25, 0.3) is 0 Å². The van der Waals surface area contributed by atoms with E-state index >= 15 is 0 Å². The molecule has 0 saturated carbocycles. The van der Waals surface area contributed by atoms with Gasteiger partial charge in [-0.25, -0.2) is 24.4 Å². The molecule has 0 amide bonds. The maximum absolute atomic E-state index is 13.8. The van der Waals surface area contributed by atoms with Gasteiger partial charge >= 0.3 is 0 Å². The average Bonchev–Trinajstić information content (AvgIpc) is 4.00. The van der Waals surface area contributed by atoms with E-state index in [4.69, 9.17) is 58.7 Å². The first-order chi connectivity index (χ1) is 26.0. The Morgan fingerprint density at radius 3 is 1.52 bits per heavy atom.